The maximum atomic E-state index is 13.1. The summed E-state index contributed by atoms with van der Waals surface area (Å²) in [6, 6.07) is 13.1. The summed E-state index contributed by atoms with van der Waals surface area (Å²) < 4.78 is 18.8. The fourth-order valence-electron chi connectivity index (χ4n) is 3.25. The molecular weight excluding hydrogens is 337 g/mol. The van der Waals surface area contributed by atoms with Crippen molar-refractivity contribution in [2.75, 3.05) is 0 Å². The lowest BCUT2D eigenvalue weighted by Crippen LogP contribution is -2.27. The molecule has 1 aliphatic carbocycles. The van der Waals surface area contributed by atoms with Crippen molar-refractivity contribution in [2.45, 2.75) is 57.7 Å². The predicted octanol–water partition coefficient (Wildman–Crippen LogP) is 5.87. The predicted molar refractivity (Wildman–Crippen MR) is 101 cm³/mol. The van der Waals surface area contributed by atoms with Crippen molar-refractivity contribution >= 4 is 11.6 Å². The first-order valence-corrected chi connectivity index (χ1v) is 9.47. The van der Waals surface area contributed by atoms with E-state index in [1.807, 2.05) is 12.1 Å². The van der Waals surface area contributed by atoms with Crippen molar-refractivity contribution < 1.29 is 9.13 Å². The summed E-state index contributed by atoms with van der Waals surface area (Å²) in [5.41, 5.74) is 2.04. The monoisotopic (exact) mass is 361 g/mol. The summed E-state index contributed by atoms with van der Waals surface area (Å²) in [6.45, 7) is 1.23. The Bertz CT molecular complexity index is 666. The Hall–Kier alpha value is -1.58. The first-order chi connectivity index (χ1) is 12.2. The van der Waals surface area contributed by atoms with E-state index in [0.29, 0.717) is 17.7 Å². The molecule has 0 bridgehead atoms. The molecule has 0 amide bonds. The van der Waals surface area contributed by atoms with Crippen LogP contribution in [0.3, 0.4) is 0 Å². The summed E-state index contributed by atoms with van der Waals surface area (Å²) in [7, 11) is 0. The van der Waals surface area contributed by atoms with E-state index in [2.05, 4.69) is 17.4 Å². The van der Waals surface area contributed by atoms with Crippen molar-refractivity contribution in [3.63, 3.8) is 0 Å². The Labute approximate surface area is 154 Å². The van der Waals surface area contributed by atoms with Crippen LogP contribution in [0.25, 0.3) is 0 Å². The van der Waals surface area contributed by atoms with E-state index in [0.717, 1.165) is 17.9 Å². The molecule has 0 saturated heterocycles. The second-order valence-electron chi connectivity index (χ2n) is 6.74. The van der Waals surface area contributed by atoms with Gasteiger partial charge in [0.15, 0.2) is 0 Å². The second kappa shape index (κ2) is 9.21. The van der Waals surface area contributed by atoms with Gasteiger partial charge in [0.1, 0.15) is 18.2 Å². The van der Waals surface area contributed by atoms with Crippen molar-refractivity contribution in [3.05, 3.63) is 64.4 Å². The highest BCUT2D eigenvalue weighted by molar-refractivity contribution is 6.31. The van der Waals surface area contributed by atoms with Crippen LogP contribution < -0.4 is 10.1 Å². The molecule has 1 N–H and O–H groups in total. The van der Waals surface area contributed by atoms with Gasteiger partial charge in [-0.05, 0) is 42.7 Å². The largest absolute Gasteiger partial charge is 0.489 e. The molecule has 0 spiro atoms. The number of hydrogen-bond acceptors (Lipinski definition) is 2. The summed E-state index contributed by atoms with van der Waals surface area (Å²) in [6.07, 6.45) is 8.02. The van der Waals surface area contributed by atoms with Crippen molar-refractivity contribution in [2.24, 2.45) is 0 Å². The molecule has 134 valence electrons. The average Bonchev–Trinajstić information content (AvgIpc) is 2.89. The zero-order chi connectivity index (χ0) is 17.5. The van der Waals surface area contributed by atoms with Gasteiger partial charge in [0.2, 0.25) is 0 Å². The van der Waals surface area contributed by atoms with Crippen LogP contribution in [0.2, 0.25) is 5.02 Å². The lowest BCUT2D eigenvalue weighted by molar-refractivity contribution is 0.306. The van der Waals surface area contributed by atoms with E-state index in [1.165, 1.54) is 56.2 Å². The third-order valence-corrected chi connectivity index (χ3v) is 5.13. The molecule has 0 atom stereocenters. The van der Waals surface area contributed by atoms with Gasteiger partial charge < -0.3 is 10.1 Å². The van der Waals surface area contributed by atoms with Gasteiger partial charge in [0.05, 0.1) is 5.02 Å². The van der Waals surface area contributed by atoms with Crippen molar-refractivity contribution in [3.8, 4) is 5.75 Å². The highest BCUT2D eigenvalue weighted by Gasteiger charge is 2.11. The van der Waals surface area contributed by atoms with Crippen LogP contribution in [-0.2, 0) is 13.2 Å². The maximum Gasteiger partial charge on any atom is 0.124 e. The first kappa shape index (κ1) is 18.2. The minimum atomic E-state index is -0.334. The lowest BCUT2D eigenvalue weighted by Gasteiger charge is -2.16. The van der Waals surface area contributed by atoms with E-state index in [-0.39, 0.29) is 5.82 Å². The second-order valence-corrected chi connectivity index (χ2v) is 7.14. The summed E-state index contributed by atoms with van der Waals surface area (Å²) in [5, 5.41) is 4.07. The third-order valence-electron chi connectivity index (χ3n) is 4.78. The number of hydrogen-bond donors (Lipinski definition) is 1. The SMILES string of the molecule is Fc1ccc(COc2ccc(CNC3CCCCCC3)cc2)c(Cl)c1. The van der Waals surface area contributed by atoms with Crippen LogP contribution in [0, 0.1) is 5.82 Å². The fraction of sp³-hybridized carbons (Fsp3) is 0.429. The zero-order valence-electron chi connectivity index (χ0n) is 14.4. The molecule has 0 aliphatic heterocycles. The normalized spacial score (nSPS) is 15.8. The quantitative estimate of drug-likeness (QED) is 0.649. The minimum Gasteiger partial charge on any atom is -0.489 e. The summed E-state index contributed by atoms with van der Waals surface area (Å²) in [4.78, 5) is 0. The number of rotatable bonds is 6. The smallest absolute Gasteiger partial charge is 0.124 e. The topological polar surface area (TPSA) is 21.3 Å². The van der Waals surface area contributed by atoms with Gasteiger partial charge in [-0.1, -0.05) is 55.5 Å². The number of ether oxygens (including phenoxy) is 1. The summed E-state index contributed by atoms with van der Waals surface area (Å²) in [5.74, 6) is 0.456. The van der Waals surface area contributed by atoms with Gasteiger partial charge in [0, 0.05) is 18.2 Å². The molecule has 1 aliphatic rings. The fourth-order valence-corrected chi connectivity index (χ4v) is 3.47. The number of benzene rings is 2. The van der Waals surface area contributed by atoms with Gasteiger partial charge in [-0.3, -0.25) is 0 Å². The maximum absolute atomic E-state index is 13.1. The number of halogens is 2. The van der Waals surface area contributed by atoms with Gasteiger partial charge in [-0.25, -0.2) is 4.39 Å². The molecule has 0 radical (unpaired) electrons. The van der Waals surface area contributed by atoms with E-state index >= 15 is 0 Å². The standard InChI is InChI=1S/C21H25ClFNO/c22-21-13-18(23)10-9-17(21)15-25-20-11-7-16(8-12-20)14-24-19-5-3-1-2-4-6-19/h7-13,19,24H,1-6,14-15H2. The van der Waals surface area contributed by atoms with Crippen LogP contribution in [0.15, 0.2) is 42.5 Å². The molecule has 0 unspecified atom stereocenters. The Morgan fingerprint density at radius 3 is 2.40 bits per heavy atom. The van der Waals surface area contributed by atoms with Gasteiger partial charge in [-0.15, -0.1) is 0 Å². The Balaban J connectivity index is 1.48. The van der Waals surface area contributed by atoms with E-state index in [1.54, 1.807) is 6.07 Å². The van der Waals surface area contributed by atoms with Crippen molar-refractivity contribution in [1.29, 1.82) is 0 Å². The Morgan fingerprint density at radius 1 is 1.00 bits per heavy atom. The van der Waals surface area contributed by atoms with Gasteiger partial charge in [-0.2, -0.15) is 0 Å². The van der Waals surface area contributed by atoms with E-state index in [9.17, 15) is 4.39 Å². The van der Waals surface area contributed by atoms with Crippen molar-refractivity contribution in [1.82, 2.24) is 5.32 Å². The van der Waals surface area contributed by atoms with Crippen LogP contribution >= 0.6 is 11.6 Å². The molecule has 2 nitrogen and oxygen atoms in total. The Morgan fingerprint density at radius 2 is 1.72 bits per heavy atom. The molecular formula is C21H25ClFNO. The molecule has 2 aromatic rings. The summed E-state index contributed by atoms with van der Waals surface area (Å²) >= 11 is 6.02. The molecule has 0 heterocycles. The van der Waals surface area contributed by atoms with E-state index < -0.39 is 0 Å². The molecule has 1 fully saturated rings. The molecule has 4 heteroatoms. The molecule has 25 heavy (non-hydrogen) atoms. The molecule has 0 aromatic heterocycles. The third kappa shape index (κ3) is 5.72. The molecule has 2 aromatic carbocycles. The molecule has 3 rings (SSSR count). The van der Waals surface area contributed by atoms with Crippen LogP contribution in [0.1, 0.15) is 49.7 Å². The van der Waals surface area contributed by atoms with Crippen LogP contribution in [0.4, 0.5) is 4.39 Å². The highest BCUT2D eigenvalue weighted by atomic mass is 35.5. The molecule has 1 saturated carbocycles. The zero-order valence-corrected chi connectivity index (χ0v) is 15.2. The van der Waals surface area contributed by atoms with E-state index in [4.69, 9.17) is 16.3 Å². The van der Waals surface area contributed by atoms with Crippen LogP contribution in [0.5, 0.6) is 5.75 Å². The number of nitrogens with one attached hydrogen (secondary N) is 1. The average molecular weight is 362 g/mol. The Kier molecular flexibility index (Phi) is 6.71. The lowest BCUT2D eigenvalue weighted by atomic mass is 10.1. The first-order valence-electron chi connectivity index (χ1n) is 9.10. The van der Waals surface area contributed by atoms with Crippen LogP contribution in [-0.4, -0.2) is 6.04 Å². The minimum absolute atomic E-state index is 0.332. The van der Waals surface area contributed by atoms with Gasteiger partial charge in [0.25, 0.3) is 0 Å². The van der Waals surface area contributed by atoms with Gasteiger partial charge >= 0.3 is 0 Å². The highest BCUT2D eigenvalue weighted by Crippen LogP contribution is 2.21.